The molecule has 1 aliphatic rings. The number of benzene rings is 1. The third kappa shape index (κ3) is 7.08. The van der Waals surface area contributed by atoms with Gasteiger partial charge in [-0.2, -0.15) is 0 Å². The third-order valence-corrected chi connectivity index (χ3v) is 4.12. The molecule has 132 valence electrons. The van der Waals surface area contributed by atoms with Crippen molar-refractivity contribution in [2.24, 2.45) is 0 Å². The molecule has 1 amide bonds. The van der Waals surface area contributed by atoms with Crippen LogP contribution < -0.4 is 10.6 Å². The number of carbonyl (C=O) groups excluding carboxylic acids is 1. The first-order valence-electron chi connectivity index (χ1n) is 8.08. The van der Waals surface area contributed by atoms with Crippen LogP contribution in [-0.4, -0.2) is 36.5 Å². The summed E-state index contributed by atoms with van der Waals surface area (Å²) in [5, 5.41) is 6.33. The summed E-state index contributed by atoms with van der Waals surface area (Å²) in [5.74, 6) is 0.0923. The van der Waals surface area contributed by atoms with Crippen molar-refractivity contribution in [3.05, 3.63) is 29.8 Å². The predicted molar refractivity (Wildman–Crippen MR) is 102 cm³/mol. The molecule has 1 aliphatic heterocycles. The minimum Gasteiger partial charge on any atom is -0.325 e. The highest BCUT2D eigenvalue weighted by Gasteiger charge is 2.20. The number of anilines is 1. The summed E-state index contributed by atoms with van der Waals surface area (Å²) >= 11 is 0. The van der Waals surface area contributed by atoms with Gasteiger partial charge in [0.05, 0.1) is 6.04 Å². The van der Waals surface area contributed by atoms with Gasteiger partial charge in [-0.3, -0.25) is 9.69 Å². The second-order valence-corrected chi connectivity index (χ2v) is 5.65. The van der Waals surface area contributed by atoms with E-state index in [2.05, 4.69) is 41.5 Å². The number of halogens is 2. The molecule has 0 aliphatic carbocycles. The Balaban J connectivity index is 0.00000242. The molecule has 23 heavy (non-hydrogen) atoms. The van der Waals surface area contributed by atoms with Crippen LogP contribution in [0.5, 0.6) is 0 Å². The Hall–Kier alpha value is -0.810. The molecular weight excluding hydrogens is 333 g/mol. The molecule has 0 saturated carbocycles. The van der Waals surface area contributed by atoms with Crippen LogP contribution in [0.25, 0.3) is 0 Å². The lowest BCUT2D eigenvalue weighted by atomic mass is 10.0. The highest BCUT2D eigenvalue weighted by molar-refractivity contribution is 5.94. The number of amides is 1. The molecule has 0 bridgehead atoms. The second-order valence-electron chi connectivity index (χ2n) is 5.65. The largest absolute Gasteiger partial charge is 0.325 e. The Kier molecular flexibility index (Phi) is 11.3. The molecule has 1 atom stereocenters. The number of carbonyl (C=O) groups is 1. The van der Waals surface area contributed by atoms with E-state index in [1.54, 1.807) is 0 Å². The van der Waals surface area contributed by atoms with Gasteiger partial charge in [0.25, 0.3) is 0 Å². The van der Waals surface area contributed by atoms with Gasteiger partial charge in [0.15, 0.2) is 0 Å². The van der Waals surface area contributed by atoms with E-state index in [1.165, 1.54) is 12.0 Å². The van der Waals surface area contributed by atoms with Crippen molar-refractivity contribution in [3.63, 3.8) is 0 Å². The summed E-state index contributed by atoms with van der Waals surface area (Å²) in [6.07, 6.45) is 3.24. The Labute approximate surface area is 152 Å². The number of hydrogen-bond donors (Lipinski definition) is 2. The Morgan fingerprint density at radius 1 is 1.26 bits per heavy atom. The van der Waals surface area contributed by atoms with Crippen molar-refractivity contribution in [3.8, 4) is 0 Å². The summed E-state index contributed by atoms with van der Waals surface area (Å²) in [4.78, 5) is 14.6. The van der Waals surface area contributed by atoms with Crippen molar-refractivity contribution in [2.45, 2.75) is 45.7 Å². The van der Waals surface area contributed by atoms with Gasteiger partial charge in [-0.1, -0.05) is 32.4 Å². The van der Waals surface area contributed by atoms with Gasteiger partial charge in [-0.05, 0) is 50.2 Å². The van der Waals surface area contributed by atoms with Crippen LogP contribution in [0.2, 0.25) is 0 Å². The smallest absolute Gasteiger partial charge is 0.241 e. The van der Waals surface area contributed by atoms with Gasteiger partial charge in [-0.15, -0.1) is 24.8 Å². The average molecular weight is 362 g/mol. The first-order chi connectivity index (χ1) is 10.2. The van der Waals surface area contributed by atoms with Crippen LogP contribution in [-0.2, 0) is 11.3 Å². The molecule has 1 aromatic carbocycles. The summed E-state index contributed by atoms with van der Waals surface area (Å²) in [5.41, 5.74) is 2.14. The zero-order valence-electron chi connectivity index (χ0n) is 14.0. The fourth-order valence-electron chi connectivity index (χ4n) is 2.76. The monoisotopic (exact) mass is 361 g/mol. The van der Waals surface area contributed by atoms with Crippen molar-refractivity contribution in [1.29, 1.82) is 0 Å². The maximum absolute atomic E-state index is 12.2. The van der Waals surface area contributed by atoms with Gasteiger partial charge in [0.1, 0.15) is 0 Å². The maximum Gasteiger partial charge on any atom is 0.241 e. The van der Waals surface area contributed by atoms with Gasteiger partial charge in [0, 0.05) is 12.2 Å². The SMILES string of the molecule is CCN(CC)Cc1cccc(NC(=O)C2CCCCN2)c1.Cl.Cl. The number of rotatable bonds is 6. The molecule has 2 rings (SSSR count). The van der Waals surface area contributed by atoms with E-state index < -0.39 is 0 Å². The maximum atomic E-state index is 12.2. The molecule has 2 N–H and O–H groups in total. The average Bonchev–Trinajstić information content (AvgIpc) is 2.53. The van der Waals surface area contributed by atoms with E-state index in [0.717, 1.165) is 44.7 Å². The molecule has 1 fully saturated rings. The molecule has 1 heterocycles. The third-order valence-electron chi connectivity index (χ3n) is 4.12. The van der Waals surface area contributed by atoms with E-state index in [9.17, 15) is 4.79 Å². The normalized spacial score (nSPS) is 17.1. The molecule has 4 nitrogen and oxygen atoms in total. The topological polar surface area (TPSA) is 44.4 Å². The van der Waals surface area contributed by atoms with Crippen molar-refractivity contribution < 1.29 is 4.79 Å². The number of hydrogen-bond acceptors (Lipinski definition) is 3. The molecular formula is C17H29Cl2N3O. The molecule has 0 radical (unpaired) electrons. The lowest BCUT2D eigenvalue weighted by Crippen LogP contribution is -2.43. The standard InChI is InChI=1S/C17H27N3O.2ClH/c1-3-20(4-2)13-14-8-7-9-15(12-14)19-17(21)16-10-5-6-11-18-16;;/h7-9,12,16,18H,3-6,10-11,13H2,1-2H3,(H,19,21);2*1H. The minimum atomic E-state index is -0.0369. The van der Waals surface area contributed by atoms with Crippen molar-refractivity contribution in [1.82, 2.24) is 10.2 Å². The van der Waals surface area contributed by atoms with E-state index in [-0.39, 0.29) is 36.8 Å². The van der Waals surface area contributed by atoms with Crippen LogP contribution in [0, 0.1) is 0 Å². The van der Waals surface area contributed by atoms with Crippen LogP contribution >= 0.6 is 24.8 Å². The van der Waals surface area contributed by atoms with Gasteiger partial charge >= 0.3 is 0 Å². The Morgan fingerprint density at radius 2 is 2.00 bits per heavy atom. The fourth-order valence-corrected chi connectivity index (χ4v) is 2.76. The summed E-state index contributed by atoms with van der Waals surface area (Å²) in [7, 11) is 0. The Morgan fingerprint density at radius 3 is 2.61 bits per heavy atom. The van der Waals surface area contributed by atoms with E-state index in [4.69, 9.17) is 0 Å². The molecule has 0 spiro atoms. The number of nitrogens with one attached hydrogen (secondary N) is 2. The van der Waals surface area contributed by atoms with Crippen LogP contribution in [0.4, 0.5) is 5.69 Å². The van der Waals surface area contributed by atoms with Crippen LogP contribution in [0.1, 0.15) is 38.7 Å². The van der Waals surface area contributed by atoms with Crippen molar-refractivity contribution >= 4 is 36.4 Å². The molecule has 1 unspecified atom stereocenters. The lowest BCUT2D eigenvalue weighted by molar-refractivity contribution is -0.118. The van der Waals surface area contributed by atoms with Gasteiger partial charge < -0.3 is 10.6 Å². The molecule has 6 heteroatoms. The predicted octanol–water partition coefficient (Wildman–Crippen LogP) is 3.45. The molecule has 1 saturated heterocycles. The quantitative estimate of drug-likeness (QED) is 0.815. The molecule has 1 aromatic rings. The second kappa shape index (κ2) is 11.7. The number of nitrogens with zero attached hydrogens (tertiary/aromatic N) is 1. The van der Waals surface area contributed by atoms with Crippen LogP contribution in [0.3, 0.4) is 0 Å². The van der Waals surface area contributed by atoms with Gasteiger partial charge in [0.2, 0.25) is 5.91 Å². The number of piperidine rings is 1. The summed E-state index contributed by atoms with van der Waals surface area (Å²) < 4.78 is 0. The summed E-state index contributed by atoms with van der Waals surface area (Å²) in [6.45, 7) is 8.30. The first-order valence-corrected chi connectivity index (χ1v) is 8.08. The van der Waals surface area contributed by atoms with Gasteiger partial charge in [-0.25, -0.2) is 0 Å². The fraction of sp³-hybridized carbons (Fsp3) is 0.588. The summed E-state index contributed by atoms with van der Waals surface area (Å²) in [6, 6.07) is 8.14. The van der Waals surface area contributed by atoms with Crippen molar-refractivity contribution in [2.75, 3.05) is 25.0 Å². The minimum absolute atomic E-state index is 0. The van der Waals surface area contributed by atoms with E-state index >= 15 is 0 Å². The highest BCUT2D eigenvalue weighted by atomic mass is 35.5. The highest BCUT2D eigenvalue weighted by Crippen LogP contribution is 2.15. The van der Waals surface area contributed by atoms with Crippen LogP contribution in [0.15, 0.2) is 24.3 Å². The molecule has 0 aromatic heterocycles. The zero-order chi connectivity index (χ0) is 15.1. The Bertz CT molecular complexity index is 461. The zero-order valence-corrected chi connectivity index (χ0v) is 15.6. The first kappa shape index (κ1) is 22.2. The van der Waals surface area contributed by atoms with E-state index in [0.29, 0.717) is 0 Å². The van der Waals surface area contributed by atoms with E-state index in [1.807, 2.05) is 12.1 Å². The lowest BCUT2D eigenvalue weighted by Gasteiger charge is -2.23.